The number of rotatable bonds is 5. The van der Waals surface area contributed by atoms with E-state index in [-0.39, 0.29) is 23.8 Å². The van der Waals surface area contributed by atoms with E-state index in [1.54, 1.807) is 6.07 Å². The SMILES string of the molecule is NS(=O)(=O)c1cccc(N2CC(C(=O)NC3(C(=O)O)CCC3)CC2=O)c1. The van der Waals surface area contributed by atoms with Crippen LogP contribution in [0.2, 0.25) is 0 Å². The van der Waals surface area contributed by atoms with Crippen LogP contribution in [0.15, 0.2) is 29.2 Å². The Morgan fingerprint density at radius 2 is 2.00 bits per heavy atom. The van der Waals surface area contributed by atoms with Gasteiger partial charge in [0.25, 0.3) is 0 Å². The lowest BCUT2D eigenvalue weighted by atomic mass is 9.76. The molecule has 140 valence electrons. The van der Waals surface area contributed by atoms with E-state index in [0.717, 1.165) is 6.42 Å². The molecule has 0 radical (unpaired) electrons. The first kappa shape index (κ1) is 18.3. The molecule has 1 saturated carbocycles. The summed E-state index contributed by atoms with van der Waals surface area (Å²) in [5.41, 5.74) is -0.908. The molecule has 2 aliphatic rings. The Kier molecular flexibility index (Phi) is 4.49. The van der Waals surface area contributed by atoms with Gasteiger partial charge in [-0.3, -0.25) is 9.59 Å². The highest BCUT2D eigenvalue weighted by molar-refractivity contribution is 7.89. The smallest absolute Gasteiger partial charge is 0.329 e. The zero-order valence-corrected chi connectivity index (χ0v) is 14.7. The van der Waals surface area contributed by atoms with Gasteiger partial charge in [0, 0.05) is 18.7 Å². The number of carboxylic acids is 1. The molecular formula is C16H19N3O6S. The molecular weight excluding hydrogens is 362 g/mol. The van der Waals surface area contributed by atoms with Crippen molar-refractivity contribution in [1.29, 1.82) is 0 Å². The zero-order chi connectivity index (χ0) is 19.1. The van der Waals surface area contributed by atoms with Gasteiger partial charge in [-0.1, -0.05) is 6.07 Å². The first-order chi connectivity index (χ1) is 12.1. The lowest BCUT2D eigenvalue weighted by molar-refractivity contribution is -0.152. The largest absolute Gasteiger partial charge is 0.480 e. The molecule has 2 fully saturated rings. The van der Waals surface area contributed by atoms with Gasteiger partial charge in [-0.05, 0) is 37.5 Å². The van der Waals surface area contributed by atoms with Crippen LogP contribution in [0.25, 0.3) is 0 Å². The first-order valence-corrected chi connectivity index (χ1v) is 9.66. The summed E-state index contributed by atoms with van der Waals surface area (Å²) in [5.74, 6) is -2.59. The number of nitrogens with two attached hydrogens (primary N) is 1. The van der Waals surface area contributed by atoms with Gasteiger partial charge >= 0.3 is 5.97 Å². The zero-order valence-electron chi connectivity index (χ0n) is 13.8. The number of carboxylic acid groups (broad SMARTS) is 1. The van der Waals surface area contributed by atoms with Gasteiger partial charge in [0.05, 0.1) is 10.8 Å². The maximum Gasteiger partial charge on any atom is 0.329 e. The topological polar surface area (TPSA) is 147 Å². The van der Waals surface area contributed by atoms with Crippen molar-refractivity contribution in [2.45, 2.75) is 36.1 Å². The molecule has 1 unspecified atom stereocenters. The summed E-state index contributed by atoms with van der Waals surface area (Å²) in [6.07, 6.45) is 1.40. The number of sulfonamides is 1. The van der Waals surface area contributed by atoms with Crippen molar-refractivity contribution in [2.24, 2.45) is 11.1 Å². The van der Waals surface area contributed by atoms with Crippen molar-refractivity contribution in [1.82, 2.24) is 5.32 Å². The third-order valence-electron chi connectivity index (χ3n) is 4.93. The molecule has 0 bridgehead atoms. The summed E-state index contributed by atoms with van der Waals surface area (Å²) in [4.78, 5) is 37.3. The Morgan fingerprint density at radius 3 is 2.54 bits per heavy atom. The van der Waals surface area contributed by atoms with Crippen LogP contribution in [0.5, 0.6) is 0 Å². The summed E-state index contributed by atoms with van der Waals surface area (Å²) in [7, 11) is -3.91. The molecule has 1 aromatic carbocycles. The highest BCUT2D eigenvalue weighted by atomic mass is 32.2. The number of carbonyl (C=O) groups excluding carboxylic acids is 2. The van der Waals surface area contributed by atoms with Crippen LogP contribution in [-0.2, 0) is 24.4 Å². The Morgan fingerprint density at radius 1 is 1.31 bits per heavy atom. The fourth-order valence-corrected chi connectivity index (χ4v) is 3.77. The number of anilines is 1. The van der Waals surface area contributed by atoms with Crippen LogP contribution in [-0.4, -0.2) is 43.4 Å². The van der Waals surface area contributed by atoms with Crippen LogP contribution in [0.4, 0.5) is 5.69 Å². The molecule has 10 heteroatoms. The number of amides is 2. The molecule has 4 N–H and O–H groups in total. The van der Waals surface area contributed by atoms with E-state index in [1.807, 2.05) is 0 Å². The summed E-state index contributed by atoms with van der Waals surface area (Å²) in [6.45, 7) is 0.0500. The lowest BCUT2D eigenvalue weighted by Crippen LogP contribution is -2.60. The Labute approximate surface area is 150 Å². The normalized spacial score (nSPS) is 22.0. The number of hydrogen-bond donors (Lipinski definition) is 3. The predicted molar refractivity (Wildman–Crippen MR) is 90.6 cm³/mol. The van der Waals surface area contributed by atoms with E-state index in [2.05, 4.69) is 5.32 Å². The fourth-order valence-electron chi connectivity index (χ4n) is 3.22. The molecule has 1 aromatic rings. The summed E-state index contributed by atoms with van der Waals surface area (Å²) < 4.78 is 22.9. The number of carbonyl (C=O) groups is 3. The average Bonchev–Trinajstić information content (AvgIpc) is 2.91. The number of aliphatic carboxylic acids is 1. The Bertz CT molecular complexity index is 878. The summed E-state index contributed by atoms with van der Waals surface area (Å²) in [6, 6.07) is 5.61. The number of benzene rings is 1. The van der Waals surface area contributed by atoms with Gasteiger partial charge in [-0.25, -0.2) is 18.4 Å². The molecule has 1 aliphatic heterocycles. The Hall–Kier alpha value is -2.46. The van der Waals surface area contributed by atoms with E-state index in [1.165, 1.54) is 23.1 Å². The average molecular weight is 381 g/mol. The van der Waals surface area contributed by atoms with E-state index >= 15 is 0 Å². The molecule has 2 amide bonds. The van der Waals surface area contributed by atoms with E-state index < -0.39 is 33.4 Å². The van der Waals surface area contributed by atoms with Crippen molar-refractivity contribution in [3.05, 3.63) is 24.3 Å². The summed E-state index contributed by atoms with van der Waals surface area (Å²) >= 11 is 0. The van der Waals surface area contributed by atoms with Gasteiger partial charge in [-0.2, -0.15) is 0 Å². The van der Waals surface area contributed by atoms with Gasteiger partial charge in [0.1, 0.15) is 5.54 Å². The maximum absolute atomic E-state index is 12.4. The predicted octanol–water partition coefficient (Wildman–Crippen LogP) is -0.190. The quantitative estimate of drug-likeness (QED) is 0.644. The number of primary sulfonamides is 1. The van der Waals surface area contributed by atoms with Gasteiger partial charge < -0.3 is 15.3 Å². The van der Waals surface area contributed by atoms with Crippen LogP contribution in [0.3, 0.4) is 0 Å². The van der Waals surface area contributed by atoms with Crippen molar-refractivity contribution < 1.29 is 27.9 Å². The fraction of sp³-hybridized carbons (Fsp3) is 0.438. The molecule has 0 aromatic heterocycles. The van der Waals surface area contributed by atoms with E-state index in [4.69, 9.17) is 5.14 Å². The molecule has 1 saturated heterocycles. The second-order valence-corrected chi connectivity index (χ2v) is 8.24. The lowest BCUT2D eigenvalue weighted by Gasteiger charge is -2.38. The van der Waals surface area contributed by atoms with Gasteiger partial charge in [0.15, 0.2) is 0 Å². The highest BCUT2D eigenvalue weighted by Gasteiger charge is 2.47. The molecule has 3 rings (SSSR count). The van der Waals surface area contributed by atoms with E-state index in [9.17, 15) is 27.9 Å². The first-order valence-electron chi connectivity index (χ1n) is 8.11. The van der Waals surface area contributed by atoms with Crippen LogP contribution < -0.4 is 15.4 Å². The molecule has 1 heterocycles. The van der Waals surface area contributed by atoms with Crippen LogP contribution in [0, 0.1) is 5.92 Å². The minimum absolute atomic E-state index is 0.0500. The molecule has 1 atom stereocenters. The van der Waals surface area contributed by atoms with E-state index in [0.29, 0.717) is 18.5 Å². The van der Waals surface area contributed by atoms with Crippen molar-refractivity contribution in [2.75, 3.05) is 11.4 Å². The Balaban J connectivity index is 1.75. The minimum Gasteiger partial charge on any atom is -0.480 e. The van der Waals surface area contributed by atoms with Crippen LogP contribution >= 0.6 is 0 Å². The van der Waals surface area contributed by atoms with Gasteiger partial charge in [-0.15, -0.1) is 0 Å². The monoisotopic (exact) mass is 381 g/mol. The van der Waals surface area contributed by atoms with Gasteiger partial charge in [0.2, 0.25) is 21.8 Å². The number of nitrogens with zero attached hydrogens (tertiary/aromatic N) is 1. The summed E-state index contributed by atoms with van der Waals surface area (Å²) in [5, 5.41) is 17.0. The molecule has 9 nitrogen and oxygen atoms in total. The highest BCUT2D eigenvalue weighted by Crippen LogP contribution is 2.33. The third kappa shape index (κ3) is 3.29. The van der Waals surface area contributed by atoms with Crippen LogP contribution in [0.1, 0.15) is 25.7 Å². The van der Waals surface area contributed by atoms with Crippen molar-refractivity contribution in [3.63, 3.8) is 0 Å². The maximum atomic E-state index is 12.4. The number of hydrogen-bond acceptors (Lipinski definition) is 5. The third-order valence-corrected chi connectivity index (χ3v) is 5.84. The van der Waals surface area contributed by atoms with Crippen molar-refractivity contribution in [3.8, 4) is 0 Å². The second-order valence-electron chi connectivity index (χ2n) is 6.68. The molecule has 1 aliphatic carbocycles. The number of nitrogens with one attached hydrogen (secondary N) is 1. The minimum atomic E-state index is -3.91. The standard InChI is InChI=1S/C16H19N3O6S/c17-26(24,25)12-4-1-3-11(8-12)19-9-10(7-13(19)20)14(21)18-16(15(22)23)5-2-6-16/h1,3-4,8,10H,2,5-7,9H2,(H,18,21)(H,22,23)(H2,17,24,25). The van der Waals surface area contributed by atoms with Crippen molar-refractivity contribution >= 4 is 33.5 Å². The molecule has 0 spiro atoms. The second kappa shape index (κ2) is 6.36. The molecule has 26 heavy (non-hydrogen) atoms.